The molecule has 1 fully saturated rings. The predicted octanol–water partition coefficient (Wildman–Crippen LogP) is 2.19. The second kappa shape index (κ2) is 6.31. The number of hydrogen-bond donors (Lipinski definition) is 0. The summed E-state index contributed by atoms with van der Waals surface area (Å²) >= 11 is 0. The zero-order chi connectivity index (χ0) is 17.5. The van der Waals surface area contributed by atoms with Crippen LogP contribution < -0.4 is 0 Å². The second-order valence-corrected chi connectivity index (χ2v) is 8.11. The number of nitrogens with zero attached hydrogens (tertiary/aromatic N) is 3. The first kappa shape index (κ1) is 17.1. The fraction of sp³-hybridized carbons (Fsp3) is 0.471. The topological polar surface area (TPSA) is 64.4 Å². The van der Waals surface area contributed by atoms with Crippen molar-refractivity contribution < 1.29 is 13.2 Å². The third-order valence-corrected chi connectivity index (χ3v) is 6.79. The highest BCUT2D eigenvalue weighted by atomic mass is 32.2. The summed E-state index contributed by atoms with van der Waals surface area (Å²) in [6.07, 6.45) is -0.255. The minimum absolute atomic E-state index is 0.214. The largest absolute Gasteiger partial charge is 0.370 e. The smallest absolute Gasteiger partial charge is 0.247 e. The van der Waals surface area contributed by atoms with Crippen molar-refractivity contribution in [2.45, 2.75) is 37.8 Å². The molecule has 0 amide bonds. The Morgan fingerprint density at radius 1 is 1.21 bits per heavy atom. The van der Waals surface area contributed by atoms with E-state index in [0.29, 0.717) is 29.4 Å². The summed E-state index contributed by atoms with van der Waals surface area (Å²) in [6.45, 7) is 6.07. The number of aromatic nitrogens is 2. The number of rotatable bonds is 3. The van der Waals surface area contributed by atoms with E-state index >= 15 is 0 Å². The number of sulfonamides is 1. The van der Waals surface area contributed by atoms with Gasteiger partial charge in [0.2, 0.25) is 10.0 Å². The molecule has 2 atom stereocenters. The first-order valence-electron chi connectivity index (χ1n) is 8.01. The molecular formula is C17H23N3O3S. The molecule has 1 aliphatic rings. The van der Waals surface area contributed by atoms with E-state index < -0.39 is 10.0 Å². The fourth-order valence-corrected chi connectivity index (χ4v) is 5.20. The van der Waals surface area contributed by atoms with Crippen molar-refractivity contribution in [1.82, 2.24) is 14.1 Å². The van der Waals surface area contributed by atoms with Crippen LogP contribution in [0.2, 0.25) is 0 Å². The maximum Gasteiger partial charge on any atom is 0.247 e. The number of hydrogen-bond acceptors (Lipinski definition) is 4. The van der Waals surface area contributed by atoms with Crippen LogP contribution in [0.15, 0.2) is 35.2 Å². The van der Waals surface area contributed by atoms with E-state index in [-0.39, 0.29) is 12.1 Å². The minimum atomic E-state index is -3.62. The molecule has 1 saturated heterocycles. The molecule has 1 aromatic carbocycles. The summed E-state index contributed by atoms with van der Waals surface area (Å²) in [5.74, 6) is 0. The first-order valence-corrected chi connectivity index (χ1v) is 9.45. The summed E-state index contributed by atoms with van der Waals surface area (Å²) in [7, 11) is -1.86. The molecule has 0 unspecified atom stereocenters. The van der Waals surface area contributed by atoms with Crippen LogP contribution >= 0.6 is 0 Å². The van der Waals surface area contributed by atoms with E-state index in [1.54, 1.807) is 29.9 Å². The van der Waals surface area contributed by atoms with Crippen LogP contribution in [-0.4, -0.2) is 41.7 Å². The highest BCUT2D eigenvalue weighted by Crippen LogP contribution is 2.31. The lowest BCUT2D eigenvalue weighted by atomic mass is 10.1. The Morgan fingerprint density at radius 3 is 2.46 bits per heavy atom. The third kappa shape index (κ3) is 2.87. The van der Waals surface area contributed by atoms with Gasteiger partial charge in [0, 0.05) is 19.6 Å². The van der Waals surface area contributed by atoms with Crippen LogP contribution in [0.1, 0.15) is 30.0 Å². The summed E-state index contributed by atoms with van der Waals surface area (Å²) in [5.41, 5.74) is 2.18. The molecule has 2 aromatic rings. The van der Waals surface area contributed by atoms with Crippen LogP contribution in [0.3, 0.4) is 0 Å². The normalized spacial score (nSPS) is 22.7. The van der Waals surface area contributed by atoms with Crippen molar-refractivity contribution in [3.8, 4) is 0 Å². The Bertz CT molecular complexity index is 830. The molecule has 1 aliphatic heterocycles. The lowest BCUT2D eigenvalue weighted by Crippen LogP contribution is -2.48. The van der Waals surface area contributed by atoms with Crippen molar-refractivity contribution in [3.05, 3.63) is 47.3 Å². The zero-order valence-corrected chi connectivity index (χ0v) is 15.2. The van der Waals surface area contributed by atoms with Crippen molar-refractivity contribution in [1.29, 1.82) is 0 Å². The summed E-state index contributed by atoms with van der Waals surface area (Å²) in [6, 6.07) is 9.52. The van der Waals surface area contributed by atoms with Gasteiger partial charge < -0.3 is 4.74 Å². The van der Waals surface area contributed by atoms with Crippen LogP contribution in [-0.2, 0) is 21.8 Å². The van der Waals surface area contributed by atoms with Crippen molar-refractivity contribution in [2.75, 3.05) is 13.2 Å². The molecule has 0 spiro atoms. The summed E-state index contributed by atoms with van der Waals surface area (Å²) < 4.78 is 35.5. The van der Waals surface area contributed by atoms with Crippen molar-refractivity contribution in [2.24, 2.45) is 7.05 Å². The van der Waals surface area contributed by atoms with E-state index in [9.17, 15) is 8.42 Å². The van der Waals surface area contributed by atoms with Gasteiger partial charge in [-0.15, -0.1) is 0 Å². The average molecular weight is 349 g/mol. The molecule has 7 heteroatoms. The molecule has 1 aromatic heterocycles. The lowest BCUT2D eigenvalue weighted by molar-refractivity contribution is -0.0288. The molecule has 3 rings (SSSR count). The Balaban J connectivity index is 1.97. The maximum atomic E-state index is 13.2. The van der Waals surface area contributed by atoms with E-state index in [1.807, 2.05) is 37.3 Å². The molecule has 0 aliphatic carbocycles. The van der Waals surface area contributed by atoms with E-state index in [2.05, 4.69) is 5.10 Å². The van der Waals surface area contributed by atoms with Crippen molar-refractivity contribution in [3.63, 3.8) is 0 Å². The SMILES string of the molecule is Cc1nn(C)c(C)c1S(=O)(=O)N1C[C@H](c2ccccc2)OC[C@H]1C. The third-order valence-electron chi connectivity index (χ3n) is 4.56. The van der Waals surface area contributed by atoms with Crippen LogP contribution in [0.5, 0.6) is 0 Å². The molecule has 0 radical (unpaired) electrons. The van der Waals surface area contributed by atoms with Gasteiger partial charge in [-0.3, -0.25) is 4.68 Å². The number of benzene rings is 1. The quantitative estimate of drug-likeness (QED) is 0.852. The lowest BCUT2D eigenvalue weighted by Gasteiger charge is -2.37. The molecule has 0 bridgehead atoms. The first-order chi connectivity index (χ1) is 11.3. The Hall–Kier alpha value is -1.70. The predicted molar refractivity (Wildman–Crippen MR) is 91.2 cm³/mol. The highest BCUT2D eigenvalue weighted by molar-refractivity contribution is 7.89. The molecule has 0 N–H and O–H groups in total. The molecule has 0 saturated carbocycles. The number of aryl methyl sites for hydroxylation is 2. The van der Waals surface area contributed by atoms with Gasteiger partial charge in [-0.2, -0.15) is 9.40 Å². The van der Waals surface area contributed by atoms with E-state index in [4.69, 9.17) is 4.74 Å². The van der Waals surface area contributed by atoms with Crippen LogP contribution in [0.25, 0.3) is 0 Å². The van der Waals surface area contributed by atoms with E-state index in [0.717, 1.165) is 5.56 Å². The molecule has 6 nitrogen and oxygen atoms in total. The Labute approximate surface area is 143 Å². The zero-order valence-electron chi connectivity index (χ0n) is 14.4. The number of ether oxygens (including phenoxy) is 1. The Kier molecular flexibility index (Phi) is 4.50. The van der Waals surface area contributed by atoms with Gasteiger partial charge in [0.05, 0.1) is 24.1 Å². The monoisotopic (exact) mass is 349 g/mol. The fourth-order valence-electron chi connectivity index (χ4n) is 3.18. The summed E-state index contributed by atoms with van der Waals surface area (Å²) in [4.78, 5) is 0.311. The van der Waals surface area contributed by atoms with Gasteiger partial charge >= 0.3 is 0 Å². The second-order valence-electron chi connectivity index (χ2n) is 6.28. The highest BCUT2D eigenvalue weighted by Gasteiger charge is 2.38. The molecule has 24 heavy (non-hydrogen) atoms. The van der Waals surface area contributed by atoms with Gasteiger partial charge in [0.1, 0.15) is 4.90 Å². The van der Waals surface area contributed by atoms with Crippen LogP contribution in [0.4, 0.5) is 0 Å². The van der Waals surface area contributed by atoms with E-state index in [1.165, 1.54) is 0 Å². The van der Waals surface area contributed by atoms with Gasteiger partial charge in [-0.05, 0) is 26.3 Å². The average Bonchev–Trinajstić information content (AvgIpc) is 2.81. The van der Waals surface area contributed by atoms with Gasteiger partial charge in [-0.1, -0.05) is 30.3 Å². The van der Waals surface area contributed by atoms with Gasteiger partial charge in [-0.25, -0.2) is 8.42 Å². The number of morpholine rings is 1. The molecular weight excluding hydrogens is 326 g/mol. The molecule has 130 valence electrons. The Morgan fingerprint density at radius 2 is 1.88 bits per heavy atom. The van der Waals surface area contributed by atoms with Gasteiger partial charge in [0.15, 0.2) is 0 Å². The minimum Gasteiger partial charge on any atom is -0.370 e. The van der Waals surface area contributed by atoms with Gasteiger partial charge in [0.25, 0.3) is 0 Å². The standard InChI is InChI=1S/C17H23N3O3S/c1-12-11-23-16(15-8-6-5-7-9-15)10-20(12)24(21,22)17-13(2)18-19(4)14(17)3/h5-9,12,16H,10-11H2,1-4H3/t12-,16-/m1/s1. The summed E-state index contributed by atoms with van der Waals surface area (Å²) in [5, 5.41) is 4.25. The maximum absolute atomic E-state index is 13.2. The van der Waals surface area contributed by atoms with Crippen LogP contribution in [0, 0.1) is 13.8 Å². The van der Waals surface area contributed by atoms with Crippen molar-refractivity contribution >= 4 is 10.0 Å². The molecule has 2 heterocycles.